The molecule has 3 N–H and O–H groups in total. The van der Waals surface area contributed by atoms with Gasteiger partial charge in [0.25, 0.3) is 5.56 Å². The van der Waals surface area contributed by atoms with Crippen molar-refractivity contribution in [3.63, 3.8) is 0 Å². The van der Waals surface area contributed by atoms with E-state index in [0.717, 1.165) is 39.8 Å². The second kappa shape index (κ2) is 5.57. The van der Waals surface area contributed by atoms with Crippen LogP contribution in [-0.2, 0) is 19.9 Å². The van der Waals surface area contributed by atoms with E-state index in [0.29, 0.717) is 12.1 Å². The van der Waals surface area contributed by atoms with Gasteiger partial charge in [-0.05, 0) is 56.9 Å². The minimum Gasteiger partial charge on any atom is -0.399 e. The van der Waals surface area contributed by atoms with E-state index in [9.17, 15) is 4.79 Å². The van der Waals surface area contributed by atoms with Crippen LogP contribution in [0.1, 0.15) is 28.1 Å². The minimum absolute atomic E-state index is 0.0550. The summed E-state index contributed by atoms with van der Waals surface area (Å²) in [7, 11) is 1.81. The van der Waals surface area contributed by atoms with Crippen molar-refractivity contribution in [3.8, 4) is 0 Å². The van der Waals surface area contributed by atoms with Crippen LogP contribution in [0.3, 0.4) is 0 Å². The molecule has 0 radical (unpaired) electrons. The number of nitrogen functional groups attached to an aromatic ring is 1. The van der Waals surface area contributed by atoms with Crippen molar-refractivity contribution in [2.24, 2.45) is 7.05 Å². The van der Waals surface area contributed by atoms with Crippen LogP contribution in [0.15, 0.2) is 23.0 Å². The standard InChI is InChI=1S/C18H22N4O/c1-10-14-6-5-13(19)9-17(14)22(4)18(23)15(10)7-8-16-11(2)20-21-12(16)3/h5-6,9H,7-8,19H2,1-4H3,(H,20,21). The number of H-pyrrole nitrogens is 1. The number of nitrogens with zero attached hydrogens (tertiary/aromatic N) is 2. The van der Waals surface area contributed by atoms with Crippen molar-refractivity contribution >= 4 is 16.6 Å². The molecule has 0 unspecified atom stereocenters. The molecule has 0 aliphatic heterocycles. The predicted molar refractivity (Wildman–Crippen MR) is 93.8 cm³/mol. The van der Waals surface area contributed by atoms with Gasteiger partial charge < -0.3 is 10.3 Å². The summed E-state index contributed by atoms with van der Waals surface area (Å²) in [5.74, 6) is 0. The van der Waals surface area contributed by atoms with Crippen molar-refractivity contribution in [3.05, 3.63) is 56.6 Å². The fourth-order valence-electron chi connectivity index (χ4n) is 3.26. The Morgan fingerprint density at radius 3 is 2.52 bits per heavy atom. The van der Waals surface area contributed by atoms with Gasteiger partial charge in [0.2, 0.25) is 0 Å². The van der Waals surface area contributed by atoms with Gasteiger partial charge >= 0.3 is 0 Å². The Bertz CT molecular complexity index is 930. The Morgan fingerprint density at radius 2 is 1.87 bits per heavy atom. The second-order valence-electron chi connectivity index (χ2n) is 6.16. The summed E-state index contributed by atoms with van der Waals surface area (Å²) in [6.45, 7) is 6.03. The SMILES string of the molecule is Cc1n[nH]c(C)c1CCc1c(C)c2ccc(N)cc2n(C)c1=O. The first-order valence-electron chi connectivity index (χ1n) is 7.78. The normalized spacial score (nSPS) is 11.3. The number of hydrogen-bond donors (Lipinski definition) is 2. The fraction of sp³-hybridized carbons (Fsp3) is 0.333. The van der Waals surface area contributed by atoms with Crippen LogP contribution in [0.25, 0.3) is 10.9 Å². The molecule has 1 aromatic carbocycles. The lowest BCUT2D eigenvalue weighted by molar-refractivity contribution is 0.841. The van der Waals surface area contributed by atoms with E-state index >= 15 is 0 Å². The number of benzene rings is 1. The molecule has 0 aliphatic rings. The lowest BCUT2D eigenvalue weighted by Crippen LogP contribution is -2.23. The van der Waals surface area contributed by atoms with Crippen LogP contribution in [0.5, 0.6) is 0 Å². The highest BCUT2D eigenvalue weighted by molar-refractivity contribution is 5.86. The zero-order valence-electron chi connectivity index (χ0n) is 14.0. The molecular weight excluding hydrogens is 288 g/mol. The molecule has 23 heavy (non-hydrogen) atoms. The molecule has 0 atom stereocenters. The van der Waals surface area contributed by atoms with Crippen molar-refractivity contribution in [2.45, 2.75) is 33.6 Å². The Hall–Kier alpha value is -2.56. The van der Waals surface area contributed by atoms with E-state index in [4.69, 9.17) is 5.73 Å². The summed E-state index contributed by atoms with van der Waals surface area (Å²) in [6, 6.07) is 5.74. The molecule has 5 heteroatoms. The lowest BCUT2D eigenvalue weighted by Gasteiger charge is -2.13. The van der Waals surface area contributed by atoms with E-state index in [1.165, 1.54) is 5.56 Å². The van der Waals surface area contributed by atoms with Gasteiger partial charge in [0.05, 0.1) is 11.2 Å². The quantitative estimate of drug-likeness (QED) is 0.730. The smallest absolute Gasteiger partial charge is 0.254 e. The average molecular weight is 310 g/mol. The Kier molecular flexibility index (Phi) is 3.72. The first-order chi connectivity index (χ1) is 10.9. The summed E-state index contributed by atoms with van der Waals surface area (Å²) in [4.78, 5) is 12.7. The van der Waals surface area contributed by atoms with Gasteiger partial charge in [0, 0.05) is 29.4 Å². The topological polar surface area (TPSA) is 76.7 Å². The summed E-state index contributed by atoms with van der Waals surface area (Å²) in [5, 5.41) is 8.31. The van der Waals surface area contributed by atoms with Gasteiger partial charge in [0.1, 0.15) is 0 Å². The van der Waals surface area contributed by atoms with E-state index < -0.39 is 0 Å². The van der Waals surface area contributed by atoms with Crippen LogP contribution in [0.2, 0.25) is 0 Å². The average Bonchev–Trinajstić information content (AvgIpc) is 2.84. The molecular formula is C18H22N4O. The molecule has 0 spiro atoms. The van der Waals surface area contributed by atoms with E-state index in [1.807, 2.05) is 39.0 Å². The number of rotatable bonds is 3. The van der Waals surface area contributed by atoms with Gasteiger partial charge in [-0.2, -0.15) is 5.10 Å². The Labute approximate surface area is 135 Å². The molecule has 2 heterocycles. The third-order valence-corrected chi connectivity index (χ3v) is 4.71. The maximum Gasteiger partial charge on any atom is 0.254 e. The zero-order chi connectivity index (χ0) is 16.7. The third-order valence-electron chi connectivity index (χ3n) is 4.71. The van der Waals surface area contributed by atoms with E-state index in [-0.39, 0.29) is 5.56 Å². The van der Waals surface area contributed by atoms with Crippen LogP contribution in [0, 0.1) is 20.8 Å². The number of anilines is 1. The van der Waals surface area contributed by atoms with Crippen molar-refractivity contribution in [1.29, 1.82) is 0 Å². The molecule has 2 aromatic heterocycles. The molecule has 0 amide bonds. The number of nitrogens with two attached hydrogens (primary N) is 1. The summed E-state index contributed by atoms with van der Waals surface area (Å²) in [5.41, 5.74) is 12.7. The molecule has 0 saturated heterocycles. The number of pyridine rings is 1. The molecule has 3 aromatic rings. The number of nitrogens with one attached hydrogen (secondary N) is 1. The van der Waals surface area contributed by atoms with E-state index in [2.05, 4.69) is 10.2 Å². The van der Waals surface area contributed by atoms with Gasteiger partial charge in [-0.1, -0.05) is 6.07 Å². The number of hydrogen-bond acceptors (Lipinski definition) is 3. The Balaban J connectivity index is 2.08. The number of aromatic nitrogens is 3. The minimum atomic E-state index is 0.0550. The van der Waals surface area contributed by atoms with Gasteiger partial charge in [-0.15, -0.1) is 0 Å². The van der Waals surface area contributed by atoms with Crippen LogP contribution < -0.4 is 11.3 Å². The predicted octanol–water partition coefficient (Wildman–Crippen LogP) is 2.55. The highest BCUT2D eigenvalue weighted by Gasteiger charge is 2.14. The molecule has 0 fully saturated rings. The fourth-order valence-corrected chi connectivity index (χ4v) is 3.26. The highest BCUT2D eigenvalue weighted by atomic mass is 16.1. The summed E-state index contributed by atoms with van der Waals surface area (Å²) >= 11 is 0. The van der Waals surface area contributed by atoms with Crippen molar-refractivity contribution < 1.29 is 0 Å². The molecule has 3 rings (SSSR count). The molecule has 0 aliphatic carbocycles. The molecule has 120 valence electrons. The van der Waals surface area contributed by atoms with Crippen LogP contribution in [-0.4, -0.2) is 14.8 Å². The van der Waals surface area contributed by atoms with Crippen LogP contribution in [0.4, 0.5) is 5.69 Å². The van der Waals surface area contributed by atoms with Crippen molar-refractivity contribution in [1.82, 2.24) is 14.8 Å². The Morgan fingerprint density at radius 1 is 1.17 bits per heavy atom. The monoisotopic (exact) mass is 310 g/mol. The molecule has 0 saturated carbocycles. The maximum absolute atomic E-state index is 12.7. The summed E-state index contributed by atoms with van der Waals surface area (Å²) < 4.78 is 1.70. The largest absolute Gasteiger partial charge is 0.399 e. The molecule has 0 bridgehead atoms. The van der Waals surface area contributed by atoms with Gasteiger partial charge in [0.15, 0.2) is 0 Å². The maximum atomic E-state index is 12.7. The first kappa shape index (κ1) is 15.3. The van der Waals surface area contributed by atoms with Gasteiger partial charge in [-0.3, -0.25) is 9.89 Å². The first-order valence-corrected chi connectivity index (χ1v) is 7.78. The lowest BCUT2D eigenvalue weighted by atomic mass is 9.97. The number of aromatic amines is 1. The second-order valence-corrected chi connectivity index (χ2v) is 6.16. The number of fused-ring (bicyclic) bond motifs is 1. The van der Waals surface area contributed by atoms with Gasteiger partial charge in [-0.25, -0.2) is 0 Å². The molecule has 5 nitrogen and oxygen atoms in total. The summed E-state index contributed by atoms with van der Waals surface area (Å²) in [6.07, 6.45) is 1.52. The highest BCUT2D eigenvalue weighted by Crippen LogP contribution is 2.22. The van der Waals surface area contributed by atoms with Crippen LogP contribution >= 0.6 is 0 Å². The zero-order valence-corrected chi connectivity index (χ0v) is 14.0. The number of aryl methyl sites for hydroxylation is 4. The van der Waals surface area contributed by atoms with E-state index in [1.54, 1.807) is 11.6 Å². The van der Waals surface area contributed by atoms with Crippen molar-refractivity contribution in [2.75, 3.05) is 5.73 Å². The third kappa shape index (κ3) is 2.52.